The van der Waals surface area contributed by atoms with Gasteiger partial charge in [0.15, 0.2) is 0 Å². The number of carbonyl (C=O) groups excluding carboxylic acids is 2. The molecule has 0 spiro atoms. The molecule has 74 valence electrons. The van der Waals surface area contributed by atoms with Gasteiger partial charge >= 0.3 is 5.97 Å². The van der Waals surface area contributed by atoms with Gasteiger partial charge < -0.3 is 4.74 Å². The van der Waals surface area contributed by atoms with Gasteiger partial charge in [0.25, 0.3) is 5.78 Å². The van der Waals surface area contributed by atoms with Crippen molar-refractivity contribution in [3.63, 3.8) is 0 Å². The molecule has 0 saturated carbocycles. The van der Waals surface area contributed by atoms with Gasteiger partial charge in [-0.1, -0.05) is 24.4 Å². The zero-order valence-corrected chi connectivity index (χ0v) is 8.60. The van der Waals surface area contributed by atoms with E-state index in [4.69, 9.17) is 12.2 Å². The molecule has 0 N–H and O–H groups in total. The van der Waals surface area contributed by atoms with Crippen molar-refractivity contribution in [3.8, 4) is 0 Å². The Morgan fingerprint density at radius 1 is 1.57 bits per heavy atom. The van der Waals surface area contributed by atoms with Gasteiger partial charge in [-0.05, 0) is 13.0 Å². The summed E-state index contributed by atoms with van der Waals surface area (Å²) in [7, 11) is 0. The third-order valence-corrected chi connectivity index (χ3v) is 2.09. The Hall–Kier alpha value is -1.29. The number of hydrogen-bond donors (Lipinski definition) is 0. The van der Waals surface area contributed by atoms with E-state index in [1.165, 1.54) is 0 Å². The molecule has 3 nitrogen and oxygen atoms in total. The molecular weight excluding hydrogens is 200 g/mol. The number of hydrogen-bond acceptors (Lipinski definition) is 4. The Bertz CT molecular complexity index is 339. The van der Waals surface area contributed by atoms with Gasteiger partial charge in [0.2, 0.25) is 0 Å². The molecule has 0 aromatic carbocycles. The highest BCUT2D eigenvalue weighted by molar-refractivity contribution is 7.81. The molecule has 4 heteroatoms. The Balaban J connectivity index is 2.78. The maximum Gasteiger partial charge on any atom is 0.379 e. The van der Waals surface area contributed by atoms with Crippen LogP contribution in [0.1, 0.15) is 13.3 Å². The summed E-state index contributed by atoms with van der Waals surface area (Å²) < 4.78 is 4.59. The van der Waals surface area contributed by atoms with E-state index < -0.39 is 11.8 Å². The van der Waals surface area contributed by atoms with Crippen LogP contribution >= 0.6 is 12.2 Å². The van der Waals surface area contributed by atoms with Gasteiger partial charge in [-0.3, -0.25) is 4.79 Å². The molecule has 1 aliphatic rings. The molecule has 0 unspecified atom stereocenters. The van der Waals surface area contributed by atoms with Crippen molar-refractivity contribution in [1.82, 2.24) is 0 Å². The summed E-state index contributed by atoms with van der Waals surface area (Å²) in [6, 6.07) is 0. The third-order valence-electron chi connectivity index (χ3n) is 1.71. The highest BCUT2D eigenvalue weighted by Crippen LogP contribution is 2.11. The topological polar surface area (TPSA) is 43.4 Å². The van der Waals surface area contributed by atoms with Crippen molar-refractivity contribution in [1.29, 1.82) is 0 Å². The minimum Gasteiger partial charge on any atom is -0.460 e. The maximum atomic E-state index is 11.4. The van der Waals surface area contributed by atoms with Gasteiger partial charge in [0.05, 0.1) is 6.61 Å². The average molecular weight is 210 g/mol. The highest BCUT2D eigenvalue weighted by atomic mass is 32.1. The highest BCUT2D eigenvalue weighted by Gasteiger charge is 2.23. The first-order chi connectivity index (χ1) is 6.66. The van der Waals surface area contributed by atoms with Crippen LogP contribution in [-0.4, -0.2) is 23.2 Å². The van der Waals surface area contributed by atoms with Gasteiger partial charge in [-0.15, -0.1) is 0 Å². The molecular formula is C10H10O3S. The maximum absolute atomic E-state index is 11.4. The normalized spacial score (nSPS) is 14.9. The monoisotopic (exact) mass is 210 g/mol. The second-order valence-electron chi connectivity index (χ2n) is 2.69. The van der Waals surface area contributed by atoms with Crippen LogP contribution in [0.4, 0.5) is 0 Å². The van der Waals surface area contributed by atoms with E-state index >= 15 is 0 Å². The largest absolute Gasteiger partial charge is 0.460 e. The molecule has 14 heavy (non-hydrogen) atoms. The fraction of sp³-hybridized carbons (Fsp3) is 0.300. The van der Waals surface area contributed by atoms with Crippen molar-refractivity contribution in [2.24, 2.45) is 0 Å². The molecule has 1 rings (SSSR count). The zero-order valence-electron chi connectivity index (χ0n) is 7.78. The van der Waals surface area contributed by atoms with Gasteiger partial charge in [-0.2, -0.15) is 0 Å². The minimum absolute atomic E-state index is 0.195. The predicted molar refractivity (Wildman–Crippen MR) is 56.1 cm³/mol. The van der Waals surface area contributed by atoms with Crippen molar-refractivity contribution in [2.75, 3.05) is 6.61 Å². The summed E-state index contributed by atoms with van der Waals surface area (Å²) >= 11 is 4.96. The number of esters is 1. The van der Waals surface area contributed by atoms with Crippen LogP contribution in [0.2, 0.25) is 0 Å². The number of rotatable bonds is 3. The molecule has 0 amide bonds. The van der Waals surface area contributed by atoms with E-state index in [0.717, 1.165) is 0 Å². The number of Topliss-reactive ketones (excluding diaryl/α,β-unsaturated/α-hetero) is 1. The van der Waals surface area contributed by atoms with Crippen LogP contribution in [0.5, 0.6) is 0 Å². The predicted octanol–water partition coefficient (Wildman–Crippen LogP) is 1.37. The van der Waals surface area contributed by atoms with E-state index in [9.17, 15) is 9.59 Å². The number of thiocarbonyl (C=S) groups is 1. The van der Waals surface area contributed by atoms with E-state index in [2.05, 4.69) is 4.74 Å². The molecule has 0 radical (unpaired) electrons. The first-order valence-electron chi connectivity index (χ1n) is 4.28. The molecule has 0 aromatic heterocycles. The van der Waals surface area contributed by atoms with Crippen LogP contribution in [0.3, 0.4) is 0 Å². The lowest BCUT2D eigenvalue weighted by Crippen LogP contribution is -2.23. The smallest absolute Gasteiger partial charge is 0.379 e. The van der Waals surface area contributed by atoms with Crippen LogP contribution in [0.25, 0.3) is 0 Å². The molecule has 0 saturated heterocycles. The molecule has 0 fully saturated rings. The van der Waals surface area contributed by atoms with Crippen molar-refractivity contribution < 1.29 is 14.3 Å². The van der Waals surface area contributed by atoms with Crippen molar-refractivity contribution >= 4 is 28.8 Å². The van der Waals surface area contributed by atoms with Gasteiger partial charge in [0.1, 0.15) is 0 Å². The second kappa shape index (κ2) is 4.81. The van der Waals surface area contributed by atoms with Gasteiger partial charge in [-0.25, -0.2) is 4.79 Å². The quantitative estimate of drug-likeness (QED) is 0.401. The number of ether oxygens (including phenoxy) is 1. The standard InChI is InChI=1S/C10H10O3S/c1-2-13-10(12)9(11)7-5-3-4-6-8(7)14/h3-5H,2,6H2,1H3. The lowest BCUT2D eigenvalue weighted by molar-refractivity contribution is -0.151. The Morgan fingerprint density at radius 2 is 2.29 bits per heavy atom. The minimum atomic E-state index is -0.837. The summed E-state index contributed by atoms with van der Waals surface area (Å²) in [6.45, 7) is 1.85. The molecule has 0 heterocycles. The van der Waals surface area contributed by atoms with Crippen molar-refractivity contribution in [2.45, 2.75) is 13.3 Å². The second-order valence-corrected chi connectivity index (χ2v) is 3.18. The fourth-order valence-corrected chi connectivity index (χ4v) is 1.31. The number of carbonyl (C=O) groups is 2. The van der Waals surface area contributed by atoms with E-state index in [1.54, 1.807) is 19.1 Å². The molecule has 0 atom stereocenters. The number of allylic oxidation sites excluding steroid dienone is 3. The van der Waals surface area contributed by atoms with Crippen molar-refractivity contribution in [3.05, 3.63) is 23.8 Å². The van der Waals surface area contributed by atoms with Crippen LogP contribution in [0, 0.1) is 0 Å². The summed E-state index contributed by atoms with van der Waals surface area (Å²) in [4.78, 5) is 23.0. The van der Waals surface area contributed by atoms with E-state index in [1.807, 2.05) is 6.08 Å². The SMILES string of the molecule is CCOC(=O)C(=O)C1=CC=CCC1=S. The summed E-state index contributed by atoms with van der Waals surface area (Å²) in [6.07, 6.45) is 5.63. The molecule has 0 aromatic rings. The first kappa shape index (κ1) is 10.8. The summed E-state index contributed by atoms with van der Waals surface area (Å²) in [5.74, 6) is -1.49. The summed E-state index contributed by atoms with van der Waals surface area (Å²) in [5.41, 5.74) is 0.279. The fourth-order valence-electron chi connectivity index (χ4n) is 1.05. The van der Waals surface area contributed by atoms with Crippen LogP contribution in [0.15, 0.2) is 23.8 Å². The Kier molecular flexibility index (Phi) is 3.71. The average Bonchev–Trinajstić information content (AvgIpc) is 2.18. The van der Waals surface area contributed by atoms with E-state index in [-0.39, 0.29) is 12.2 Å². The lowest BCUT2D eigenvalue weighted by Gasteiger charge is -2.08. The zero-order chi connectivity index (χ0) is 10.6. The molecule has 0 aliphatic heterocycles. The molecule has 0 bridgehead atoms. The Labute approximate surface area is 87.4 Å². The van der Waals surface area contributed by atoms with Crippen LogP contribution < -0.4 is 0 Å². The number of ketones is 1. The van der Waals surface area contributed by atoms with Gasteiger partial charge in [0, 0.05) is 16.9 Å². The third kappa shape index (κ3) is 2.35. The lowest BCUT2D eigenvalue weighted by atomic mass is 10.0. The Morgan fingerprint density at radius 3 is 2.86 bits per heavy atom. The summed E-state index contributed by atoms with van der Waals surface area (Å²) in [5, 5.41) is 0. The van der Waals surface area contributed by atoms with Crippen LogP contribution in [-0.2, 0) is 14.3 Å². The molecule has 1 aliphatic carbocycles. The van der Waals surface area contributed by atoms with E-state index in [0.29, 0.717) is 11.3 Å². The first-order valence-corrected chi connectivity index (χ1v) is 4.69.